The molecule has 176 valence electrons. The zero-order valence-electron chi connectivity index (χ0n) is 17.2. The number of alkyl halides is 3. The van der Waals surface area contributed by atoms with Crippen LogP contribution in [0.2, 0.25) is 0 Å². The number of halogens is 4. The average molecular weight is 547 g/mol. The number of amides is 1. The normalized spacial score (nSPS) is 14.1. The van der Waals surface area contributed by atoms with Crippen molar-refractivity contribution in [2.24, 2.45) is 0 Å². The fraction of sp³-hybridized carbons (Fsp3) is 0.300. The van der Waals surface area contributed by atoms with Gasteiger partial charge in [-0.05, 0) is 42.5 Å². The summed E-state index contributed by atoms with van der Waals surface area (Å²) in [6.45, 7) is 1.16. The number of hydrogen-bond acceptors (Lipinski definition) is 6. The molecule has 33 heavy (non-hydrogen) atoms. The molecule has 0 bridgehead atoms. The maximum Gasteiger partial charge on any atom is 0.416 e. The van der Waals surface area contributed by atoms with Crippen LogP contribution in [0.4, 0.5) is 24.5 Å². The zero-order chi connectivity index (χ0) is 24.3. The summed E-state index contributed by atoms with van der Waals surface area (Å²) < 4.78 is 44.7. The minimum Gasteiger partial charge on any atom is -0.496 e. The van der Waals surface area contributed by atoms with Gasteiger partial charge in [0.05, 0.1) is 23.2 Å². The number of nitro groups is 1. The maximum atomic E-state index is 12.9. The van der Waals surface area contributed by atoms with E-state index in [9.17, 15) is 28.1 Å². The number of piperazine rings is 1. The van der Waals surface area contributed by atoms with Gasteiger partial charge in [-0.2, -0.15) is 13.2 Å². The van der Waals surface area contributed by atoms with E-state index in [1.54, 1.807) is 28.0 Å². The predicted octanol–water partition coefficient (Wildman–Crippen LogP) is 4.22. The maximum absolute atomic E-state index is 12.9. The number of nitrogens with one attached hydrogen (secondary N) is 1. The number of nitro benzene ring substituents is 1. The molecule has 8 nitrogen and oxygen atoms in total. The molecule has 2 aromatic carbocycles. The van der Waals surface area contributed by atoms with Crippen LogP contribution in [0.3, 0.4) is 0 Å². The molecule has 0 radical (unpaired) electrons. The largest absolute Gasteiger partial charge is 0.496 e. The number of anilines is 1. The highest BCUT2D eigenvalue weighted by atomic mass is 79.9. The Bertz CT molecular complexity index is 1090. The van der Waals surface area contributed by atoms with Gasteiger partial charge in [0, 0.05) is 36.7 Å². The molecule has 1 N–H and O–H groups in total. The summed E-state index contributed by atoms with van der Waals surface area (Å²) in [5.74, 6) is -0.0862. The highest BCUT2D eigenvalue weighted by Crippen LogP contribution is 2.36. The third kappa shape index (κ3) is 5.71. The van der Waals surface area contributed by atoms with E-state index in [1.807, 2.05) is 0 Å². The highest BCUT2D eigenvalue weighted by Gasteiger charge is 2.34. The standard InChI is InChI=1S/C20H18BrF3N4O4S/c1-32-17-5-3-13(21)11-14(17)18(29)25-19(33)27-8-6-26(7-9-27)15-4-2-12(20(22,23)24)10-16(15)28(30)31/h2-5,10-11H,6-9H2,1H3,(H,25,29,33). The van der Waals surface area contributed by atoms with Gasteiger partial charge in [0.1, 0.15) is 11.4 Å². The molecular formula is C20H18BrF3N4O4S. The SMILES string of the molecule is COc1ccc(Br)cc1C(=O)NC(=S)N1CCN(c2ccc(C(F)(F)F)cc2[N+](=O)[O-])CC1. The monoisotopic (exact) mass is 546 g/mol. The Kier molecular flexibility index (Phi) is 7.42. The van der Waals surface area contributed by atoms with Crippen LogP contribution in [0.1, 0.15) is 15.9 Å². The number of nitrogens with zero attached hydrogens (tertiary/aromatic N) is 3. The Morgan fingerprint density at radius 2 is 1.85 bits per heavy atom. The Morgan fingerprint density at radius 3 is 2.42 bits per heavy atom. The van der Waals surface area contributed by atoms with Crippen molar-refractivity contribution in [1.29, 1.82) is 0 Å². The molecule has 13 heteroatoms. The molecule has 0 saturated carbocycles. The van der Waals surface area contributed by atoms with Gasteiger partial charge in [0.2, 0.25) is 0 Å². The van der Waals surface area contributed by atoms with Gasteiger partial charge in [-0.25, -0.2) is 0 Å². The van der Waals surface area contributed by atoms with Gasteiger partial charge in [-0.3, -0.25) is 20.2 Å². The quantitative estimate of drug-likeness (QED) is 0.349. The first-order valence-corrected chi connectivity index (χ1v) is 10.8. The average Bonchev–Trinajstić information content (AvgIpc) is 2.78. The smallest absolute Gasteiger partial charge is 0.416 e. The minimum absolute atomic E-state index is 0.0986. The van der Waals surface area contributed by atoms with Crippen molar-refractivity contribution < 1.29 is 27.6 Å². The topological polar surface area (TPSA) is 88.0 Å². The molecule has 0 aliphatic carbocycles. The molecule has 1 aliphatic heterocycles. The summed E-state index contributed by atoms with van der Waals surface area (Å²) in [7, 11) is 1.44. The lowest BCUT2D eigenvalue weighted by Gasteiger charge is -2.37. The summed E-state index contributed by atoms with van der Waals surface area (Å²) in [5.41, 5.74) is -1.31. The molecule has 1 amide bonds. The third-order valence-corrected chi connectivity index (χ3v) is 5.89. The predicted molar refractivity (Wildman–Crippen MR) is 123 cm³/mol. The highest BCUT2D eigenvalue weighted by molar-refractivity contribution is 9.10. The van der Waals surface area contributed by atoms with Crippen LogP contribution in [-0.4, -0.2) is 54.1 Å². The number of methoxy groups -OCH3 is 1. The lowest BCUT2D eigenvalue weighted by atomic mass is 10.1. The summed E-state index contributed by atoms with van der Waals surface area (Å²) in [6, 6.07) is 7.43. The number of carbonyl (C=O) groups excluding carboxylic acids is 1. The number of ether oxygens (including phenoxy) is 1. The molecule has 1 heterocycles. The van der Waals surface area contributed by atoms with Crippen LogP contribution >= 0.6 is 28.1 Å². The Morgan fingerprint density at radius 1 is 1.18 bits per heavy atom. The molecule has 3 rings (SSSR count). The van der Waals surface area contributed by atoms with Crippen LogP contribution in [-0.2, 0) is 6.18 Å². The molecule has 1 aliphatic rings. The van der Waals surface area contributed by atoms with Crippen LogP contribution in [0.5, 0.6) is 5.75 Å². The van der Waals surface area contributed by atoms with E-state index < -0.39 is 28.3 Å². The molecule has 0 aromatic heterocycles. The second-order valence-electron chi connectivity index (χ2n) is 7.04. The fourth-order valence-electron chi connectivity index (χ4n) is 3.37. The van der Waals surface area contributed by atoms with E-state index in [1.165, 1.54) is 7.11 Å². The van der Waals surface area contributed by atoms with E-state index in [0.717, 1.165) is 12.1 Å². The summed E-state index contributed by atoms with van der Waals surface area (Å²) in [5, 5.41) is 14.2. The van der Waals surface area contributed by atoms with Crippen LogP contribution < -0.4 is 15.0 Å². The van der Waals surface area contributed by atoms with E-state index in [2.05, 4.69) is 21.2 Å². The Hall–Kier alpha value is -2.93. The number of hydrogen-bond donors (Lipinski definition) is 1. The van der Waals surface area contributed by atoms with Gasteiger partial charge in [-0.1, -0.05) is 15.9 Å². The first-order valence-electron chi connectivity index (χ1n) is 9.55. The van der Waals surface area contributed by atoms with Crippen molar-refractivity contribution in [2.45, 2.75) is 6.18 Å². The Labute approximate surface area is 200 Å². The van der Waals surface area contributed by atoms with Gasteiger partial charge < -0.3 is 14.5 Å². The van der Waals surface area contributed by atoms with Crippen molar-refractivity contribution in [3.05, 3.63) is 62.1 Å². The first kappa shape index (κ1) is 24.7. The molecule has 0 atom stereocenters. The van der Waals surface area contributed by atoms with Gasteiger partial charge >= 0.3 is 6.18 Å². The lowest BCUT2D eigenvalue weighted by Crippen LogP contribution is -2.52. The third-order valence-electron chi connectivity index (χ3n) is 5.03. The molecular weight excluding hydrogens is 529 g/mol. The lowest BCUT2D eigenvalue weighted by molar-refractivity contribution is -0.384. The Balaban J connectivity index is 1.68. The molecule has 2 aromatic rings. The van der Waals surface area contributed by atoms with Crippen LogP contribution in [0.15, 0.2) is 40.9 Å². The fourth-order valence-corrected chi connectivity index (χ4v) is 4.00. The van der Waals surface area contributed by atoms with Crippen molar-refractivity contribution in [1.82, 2.24) is 10.2 Å². The molecule has 1 fully saturated rings. The van der Waals surface area contributed by atoms with Crippen LogP contribution in [0, 0.1) is 10.1 Å². The second-order valence-corrected chi connectivity index (χ2v) is 8.34. The summed E-state index contributed by atoms with van der Waals surface area (Å²) in [4.78, 5) is 26.5. The van der Waals surface area contributed by atoms with Crippen molar-refractivity contribution in [3.63, 3.8) is 0 Å². The summed E-state index contributed by atoms with van der Waals surface area (Å²) >= 11 is 8.63. The van der Waals surface area contributed by atoms with Crippen LogP contribution in [0.25, 0.3) is 0 Å². The first-order chi connectivity index (χ1) is 15.5. The molecule has 0 spiro atoms. The number of carbonyl (C=O) groups is 1. The van der Waals surface area contributed by atoms with Gasteiger partial charge in [0.15, 0.2) is 5.11 Å². The van der Waals surface area contributed by atoms with Crippen molar-refractivity contribution in [2.75, 3.05) is 38.2 Å². The van der Waals surface area contributed by atoms with E-state index in [0.29, 0.717) is 29.4 Å². The van der Waals surface area contributed by atoms with Crippen molar-refractivity contribution in [3.8, 4) is 5.75 Å². The van der Waals surface area contributed by atoms with E-state index >= 15 is 0 Å². The van der Waals surface area contributed by atoms with Gasteiger partial charge in [0.25, 0.3) is 11.6 Å². The number of rotatable bonds is 4. The zero-order valence-corrected chi connectivity index (χ0v) is 19.6. The second kappa shape index (κ2) is 9.91. The van der Waals surface area contributed by atoms with E-state index in [4.69, 9.17) is 17.0 Å². The number of thiocarbonyl (C=S) groups is 1. The van der Waals surface area contributed by atoms with Gasteiger partial charge in [-0.15, -0.1) is 0 Å². The number of benzene rings is 2. The molecule has 0 unspecified atom stereocenters. The molecule has 1 saturated heterocycles. The minimum atomic E-state index is -4.68. The van der Waals surface area contributed by atoms with Crippen molar-refractivity contribution >= 4 is 50.5 Å². The summed E-state index contributed by atoms with van der Waals surface area (Å²) in [6.07, 6.45) is -4.68. The van der Waals surface area contributed by atoms with E-state index in [-0.39, 0.29) is 29.5 Å².